The minimum atomic E-state index is -4.39. The summed E-state index contributed by atoms with van der Waals surface area (Å²) >= 11 is 0. The highest BCUT2D eigenvalue weighted by molar-refractivity contribution is 5.77. The van der Waals surface area contributed by atoms with Gasteiger partial charge in [0.2, 0.25) is 5.82 Å². The highest BCUT2D eigenvalue weighted by Crippen LogP contribution is 2.32. The normalized spacial score (nSPS) is 16.4. The van der Waals surface area contributed by atoms with E-state index < -0.39 is 17.8 Å². The Morgan fingerprint density at radius 3 is 2.62 bits per heavy atom. The molecular weight excluding hydrogens is 389 g/mol. The number of carbonyl (C=O) groups excluding carboxylic acids is 1. The van der Waals surface area contributed by atoms with Crippen LogP contribution >= 0.6 is 0 Å². The molecule has 2 N–H and O–H groups in total. The summed E-state index contributed by atoms with van der Waals surface area (Å²) in [7, 11) is 0. The van der Waals surface area contributed by atoms with Crippen LogP contribution in [0.3, 0.4) is 0 Å². The van der Waals surface area contributed by atoms with Crippen molar-refractivity contribution < 1.29 is 22.7 Å². The minimum absolute atomic E-state index is 0.250. The van der Waals surface area contributed by atoms with E-state index in [1.54, 1.807) is 24.3 Å². The number of tetrazole rings is 1. The number of amides is 1. The number of cyclic esters (lactones) is 1. The van der Waals surface area contributed by atoms with Crippen LogP contribution in [-0.2, 0) is 17.5 Å². The molecule has 0 aliphatic carbocycles. The highest BCUT2D eigenvalue weighted by atomic mass is 19.4. The van der Waals surface area contributed by atoms with Crippen molar-refractivity contribution in [1.29, 1.82) is 0 Å². The number of rotatable bonds is 5. The van der Waals surface area contributed by atoms with Gasteiger partial charge in [-0.1, -0.05) is 12.1 Å². The Labute approximate surface area is 162 Å². The number of alkyl halides is 3. The first kappa shape index (κ1) is 18.7. The molecule has 1 fully saturated rings. The Kier molecular flexibility index (Phi) is 4.79. The summed E-state index contributed by atoms with van der Waals surface area (Å²) in [5.41, 5.74) is 1.01. The standard InChI is InChI=1S/C18H15F3N6O2/c19-18(20,21)11-5-7-12(8-6-11)23-15-4-2-1-3-14(15)16-24-26-27(25-16)10-13-9-22-17(28)29-13/h1-8,13,23H,9-10H2,(H,22,28). The SMILES string of the molecule is O=C1NCC(Cn2nnc(-c3ccccc3Nc3ccc(C(F)(F)F)cc3)n2)O1. The van der Waals surface area contributed by atoms with Crippen molar-refractivity contribution >= 4 is 17.5 Å². The highest BCUT2D eigenvalue weighted by Gasteiger charge is 2.30. The van der Waals surface area contributed by atoms with E-state index in [4.69, 9.17) is 4.74 Å². The number of alkyl carbamates (subject to hydrolysis) is 1. The van der Waals surface area contributed by atoms with Crippen molar-refractivity contribution in [2.24, 2.45) is 0 Å². The lowest BCUT2D eigenvalue weighted by atomic mass is 10.1. The lowest BCUT2D eigenvalue weighted by molar-refractivity contribution is -0.137. The molecule has 2 heterocycles. The molecule has 0 radical (unpaired) electrons. The molecule has 1 aliphatic heterocycles. The Hall–Kier alpha value is -3.63. The number of nitrogens with zero attached hydrogens (tertiary/aromatic N) is 4. The van der Waals surface area contributed by atoms with Crippen LogP contribution in [0.2, 0.25) is 0 Å². The van der Waals surface area contributed by atoms with Gasteiger partial charge in [0.25, 0.3) is 0 Å². The van der Waals surface area contributed by atoms with Crippen molar-refractivity contribution in [3.05, 3.63) is 54.1 Å². The molecule has 11 heteroatoms. The molecule has 29 heavy (non-hydrogen) atoms. The molecule has 1 aromatic heterocycles. The van der Waals surface area contributed by atoms with Gasteiger partial charge in [-0.05, 0) is 41.6 Å². The van der Waals surface area contributed by atoms with E-state index in [0.29, 0.717) is 29.3 Å². The van der Waals surface area contributed by atoms with Crippen LogP contribution in [0.4, 0.5) is 29.3 Å². The number of ether oxygens (including phenoxy) is 1. The molecular formula is C18H15F3N6O2. The van der Waals surface area contributed by atoms with Crippen LogP contribution < -0.4 is 10.6 Å². The Morgan fingerprint density at radius 1 is 1.17 bits per heavy atom. The largest absolute Gasteiger partial charge is 0.442 e. The van der Waals surface area contributed by atoms with Gasteiger partial charge in [-0.15, -0.1) is 10.2 Å². The zero-order chi connectivity index (χ0) is 20.4. The number of para-hydroxylation sites is 1. The van der Waals surface area contributed by atoms with E-state index in [0.717, 1.165) is 12.1 Å². The quantitative estimate of drug-likeness (QED) is 0.678. The van der Waals surface area contributed by atoms with Gasteiger partial charge in [0.15, 0.2) is 0 Å². The molecule has 2 aromatic carbocycles. The van der Waals surface area contributed by atoms with Gasteiger partial charge in [0, 0.05) is 16.9 Å². The molecule has 1 saturated heterocycles. The maximum atomic E-state index is 12.7. The summed E-state index contributed by atoms with van der Waals surface area (Å²) in [6, 6.07) is 11.8. The number of hydrogen-bond donors (Lipinski definition) is 2. The fourth-order valence-corrected chi connectivity index (χ4v) is 2.83. The van der Waals surface area contributed by atoms with Gasteiger partial charge in [-0.2, -0.15) is 18.0 Å². The monoisotopic (exact) mass is 404 g/mol. The summed E-state index contributed by atoms with van der Waals surface area (Å²) < 4.78 is 43.2. The first-order valence-corrected chi connectivity index (χ1v) is 8.64. The van der Waals surface area contributed by atoms with E-state index in [2.05, 4.69) is 26.0 Å². The molecule has 0 spiro atoms. The Morgan fingerprint density at radius 2 is 1.93 bits per heavy atom. The molecule has 1 aliphatic rings. The van der Waals surface area contributed by atoms with Gasteiger partial charge < -0.3 is 15.4 Å². The van der Waals surface area contributed by atoms with Crippen LogP contribution in [0.15, 0.2) is 48.5 Å². The van der Waals surface area contributed by atoms with Gasteiger partial charge in [-0.25, -0.2) is 4.79 Å². The predicted molar refractivity (Wildman–Crippen MR) is 96.3 cm³/mol. The maximum absolute atomic E-state index is 12.7. The molecule has 3 aromatic rings. The van der Waals surface area contributed by atoms with Crippen molar-refractivity contribution in [1.82, 2.24) is 25.5 Å². The smallest absolute Gasteiger partial charge is 0.416 e. The second-order valence-electron chi connectivity index (χ2n) is 6.32. The number of carbonyl (C=O) groups is 1. The van der Waals surface area contributed by atoms with E-state index in [9.17, 15) is 18.0 Å². The predicted octanol–water partition coefficient (Wildman–Crippen LogP) is 3.21. The fraction of sp³-hybridized carbons (Fsp3) is 0.222. The fourth-order valence-electron chi connectivity index (χ4n) is 2.83. The van der Waals surface area contributed by atoms with Crippen LogP contribution in [0.1, 0.15) is 5.56 Å². The molecule has 8 nitrogen and oxygen atoms in total. The van der Waals surface area contributed by atoms with Crippen LogP contribution in [0.5, 0.6) is 0 Å². The maximum Gasteiger partial charge on any atom is 0.416 e. The molecule has 1 unspecified atom stereocenters. The molecule has 4 rings (SSSR count). The van der Waals surface area contributed by atoms with E-state index in [-0.39, 0.29) is 12.6 Å². The van der Waals surface area contributed by atoms with E-state index in [1.807, 2.05) is 0 Å². The van der Waals surface area contributed by atoms with Crippen LogP contribution in [-0.4, -0.2) is 38.9 Å². The third-order valence-electron chi connectivity index (χ3n) is 4.23. The lowest BCUT2D eigenvalue weighted by Gasteiger charge is -2.11. The second kappa shape index (κ2) is 7.41. The zero-order valence-corrected chi connectivity index (χ0v) is 14.8. The zero-order valence-electron chi connectivity index (χ0n) is 14.8. The third kappa shape index (κ3) is 4.28. The van der Waals surface area contributed by atoms with Gasteiger partial charge in [0.05, 0.1) is 12.1 Å². The summed E-state index contributed by atoms with van der Waals surface area (Å²) in [6.07, 6.45) is -5.26. The summed E-state index contributed by atoms with van der Waals surface area (Å²) in [6.45, 7) is 0.613. The van der Waals surface area contributed by atoms with Gasteiger partial charge in [-0.3, -0.25) is 0 Å². The second-order valence-corrected chi connectivity index (χ2v) is 6.32. The summed E-state index contributed by atoms with van der Waals surface area (Å²) in [5.74, 6) is 0.331. The van der Waals surface area contributed by atoms with Crippen molar-refractivity contribution in [3.8, 4) is 11.4 Å². The number of nitrogens with one attached hydrogen (secondary N) is 2. The molecule has 1 atom stereocenters. The first-order valence-electron chi connectivity index (χ1n) is 8.64. The minimum Gasteiger partial charge on any atom is -0.442 e. The topological polar surface area (TPSA) is 94.0 Å². The lowest BCUT2D eigenvalue weighted by Crippen LogP contribution is -2.22. The summed E-state index contributed by atoms with van der Waals surface area (Å²) in [4.78, 5) is 12.4. The summed E-state index contributed by atoms with van der Waals surface area (Å²) in [5, 5.41) is 17.9. The van der Waals surface area contributed by atoms with Gasteiger partial charge in [0.1, 0.15) is 12.6 Å². The number of halogens is 3. The number of hydrogen-bond acceptors (Lipinski definition) is 6. The van der Waals surface area contributed by atoms with Crippen molar-refractivity contribution in [2.75, 3.05) is 11.9 Å². The Bertz CT molecular complexity index is 1020. The van der Waals surface area contributed by atoms with Crippen LogP contribution in [0, 0.1) is 0 Å². The third-order valence-corrected chi connectivity index (χ3v) is 4.23. The molecule has 0 saturated carbocycles. The van der Waals surface area contributed by atoms with Gasteiger partial charge >= 0.3 is 12.3 Å². The Balaban J connectivity index is 1.52. The van der Waals surface area contributed by atoms with E-state index >= 15 is 0 Å². The number of benzene rings is 2. The number of aromatic nitrogens is 4. The average Bonchev–Trinajstić information content (AvgIpc) is 3.31. The van der Waals surface area contributed by atoms with Crippen molar-refractivity contribution in [3.63, 3.8) is 0 Å². The molecule has 150 valence electrons. The number of anilines is 2. The first-order chi connectivity index (χ1) is 13.9. The van der Waals surface area contributed by atoms with Crippen LogP contribution in [0.25, 0.3) is 11.4 Å². The molecule has 1 amide bonds. The average molecular weight is 404 g/mol. The van der Waals surface area contributed by atoms with E-state index in [1.165, 1.54) is 16.9 Å². The van der Waals surface area contributed by atoms with Crippen molar-refractivity contribution in [2.45, 2.75) is 18.8 Å². The molecule has 0 bridgehead atoms.